The maximum absolute atomic E-state index is 14.4. The summed E-state index contributed by atoms with van der Waals surface area (Å²) in [6, 6.07) is 4.58. The molecule has 0 amide bonds. The highest BCUT2D eigenvalue weighted by atomic mass is 32.2. The van der Waals surface area contributed by atoms with Crippen molar-refractivity contribution >= 4 is 29.7 Å². The normalized spacial score (nSPS) is 23.8. The summed E-state index contributed by atoms with van der Waals surface area (Å²) in [6.07, 6.45) is -8.09. The van der Waals surface area contributed by atoms with Gasteiger partial charge in [-0.05, 0) is 49.7 Å². The minimum atomic E-state index is -4.83. The van der Waals surface area contributed by atoms with Gasteiger partial charge in [0.05, 0.1) is 22.6 Å². The van der Waals surface area contributed by atoms with E-state index >= 15 is 0 Å². The predicted octanol–water partition coefficient (Wildman–Crippen LogP) is 4.66. The molecule has 0 unspecified atom stereocenters. The van der Waals surface area contributed by atoms with Crippen LogP contribution in [0.2, 0.25) is 0 Å². The van der Waals surface area contributed by atoms with Crippen molar-refractivity contribution in [3.63, 3.8) is 0 Å². The van der Waals surface area contributed by atoms with Crippen LogP contribution in [0.4, 0.5) is 26.3 Å². The molecule has 19 heteroatoms. The van der Waals surface area contributed by atoms with Gasteiger partial charge in [0.15, 0.2) is 29.7 Å². The molecule has 0 spiro atoms. The number of nitrogens with zero attached hydrogens (tertiary/aromatic N) is 3. The third kappa shape index (κ3) is 8.70. The van der Waals surface area contributed by atoms with Crippen molar-refractivity contribution in [3.05, 3.63) is 71.2 Å². The Kier molecular flexibility index (Phi) is 11.9. The number of benzene rings is 2. The molecule has 0 radical (unpaired) electrons. The molecule has 52 heavy (non-hydrogen) atoms. The van der Waals surface area contributed by atoms with Crippen molar-refractivity contribution in [2.45, 2.75) is 80.4 Å². The van der Waals surface area contributed by atoms with Crippen LogP contribution in [0.15, 0.2) is 42.6 Å². The van der Waals surface area contributed by atoms with Gasteiger partial charge in [-0.25, -0.2) is 17.9 Å². The Balaban J connectivity index is 1.67. The van der Waals surface area contributed by atoms with Crippen LogP contribution >= 0.6 is 11.8 Å². The third-order valence-corrected chi connectivity index (χ3v) is 10.2. The lowest BCUT2D eigenvalue weighted by molar-refractivity contribution is -0.212. The highest BCUT2D eigenvalue weighted by Gasteiger charge is 2.55. The lowest BCUT2D eigenvalue weighted by Crippen LogP contribution is -2.58. The molecular weight excluding hydrogens is 726 g/mol. The van der Waals surface area contributed by atoms with E-state index < -0.39 is 94.3 Å². The third-order valence-electron chi connectivity index (χ3n) is 8.54. The fourth-order valence-electron chi connectivity index (χ4n) is 6.28. The van der Waals surface area contributed by atoms with E-state index in [9.17, 15) is 45.8 Å². The number of ether oxygens (including phenoxy) is 4. The summed E-state index contributed by atoms with van der Waals surface area (Å²) in [6.45, 7) is 3.14. The largest absolute Gasteiger partial charge is 0.463 e. The van der Waals surface area contributed by atoms with Crippen molar-refractivity contribution in [2.24, 2.45) is 0 Å². The molecule has 6 atom stereocenters. The number of hydrogen-bond acceptors (Lipinski definition) is 12. The smallest absolute Gasteiger partial charge is 0.416 e. The number of rotatable bonds is 10. The summed E-state index contributed by atoms with van der Waals surface area (Å²) in [7, 11) is 0. The lowest BCUT2D eigenvalue weighted by Gasteiger charge is -2.47. The van der Waals surface area contributed by atoms with Crippen LogP contribution in [0.5, 0.6) is 0 Å². The molecule has 2 aliphatic heterocycles. The zero-order valence-corrected chi connectivity index (χ0v) is 28.7. The van der Waals surface area contributed by atoms with Gasteiger partial charge in [0.25, 0.3) is 0 Å². The van der Waals surface area contributed by atoms with Crippen LogP contribution in [-0.4, -0.2) is 87.1 Å². The average molecular weight is 761 g/mol. The number of carbonyl (C=O) groups is 3. The van der Waals surface area contributed by atoms with Crippen LogP contribution in [0, 0.1) is 17.5 Å². The van der Waals surface area contributed by atoms with Crippen LogP contribution < -0.4 is 5.32 Å². The van der Waals surface area contributed by atoms with E-state index in [1.165, 1.54) is 18.2 Å². The molecule has 12 nitrogen and oxygen atoms in total. The second-order valence-electron chi connectivity index (χ2n) is 12.3. The van der Waals surface area contributed by atoms with Gasteiger partial charge in [0, 0.05) is 26.3 Å². The quantitative estimate of drug-likeness (QED) is 0.128. The van der Waals surface area contributed by atoms with E-state index in [0.29, 0.717) is 23.9 Å². The SMILES string of the molecule is CC(=O)OC[C@H]1O[C@@H](S[C@@H](c2ccccc2C(F)(F)F)C2(O)CCNCC2)[C@H](OC(C)=O)[C@@H](n2cc(-c3cc(F)c(F)c(F)c3)nn2)[C@H]1OC(C)=O. The highest BCUT2D eigenvalue weighted by Crippen LogP contribution is 2.52. The predicted molar refractivity (Wildman–Crippen MR) is 170 cm³/mol. The van der Waals surface area contributed by atoms with Gasteiger partial charge in [-0.1, -0.05) is 23.4 Å². The number of esters is 3. The minimum absolute atomic E-state index is 0.0232. The summed E-state index contributed by atoms with van der Waals surface area (Å²) >= 11 is 0.710. The maximum atomic E-state index is 14.4. The summed E-state index contributed by atoms with van der Waals surface area (Å²) in [5.41, 5.74) is -4.99. The number of aromatic nitrogens is 3. The van der Waals surface area contributed by atoms with E-state index in [1.807, 2.05) is 0 Å². The number of hydrogen-bond donors (Lipinski definition) is 2. The van der Waals surface area contributed by atoms with E-state index in [1.54, 1.807) is 0 Å². The number of aliphatic hydroxyl groups is 1. The van der Waals surface area contributed by atoms with Crippen LogP contribution in [0.3, 0.4) is 0 Å². The molecule has 0 bridgehead atoms. The van der Waals surface area contributed by atoms with Gasteiger partial charge in [-0.2, -0.15) is 13.2 Å². The fraction of sp³-hybridized carbons (Fsp3) is 0.485. The Bertz CT molecular complexity index is 1770. The zero-order chi connectivity index (χ0) is 38.0. The standard InChI is InChI=1S/C33H34F6N4O8S/c1-16(44)48-15-25-28(49-17(2)45)27(43-14-24(41-42-43)19-12-22(34)26(36)23(35)13-19)29(50-18(3)46)31(51-25)52-30(32(47)8-10-40-11-9-32)20-6-4-5-7-21(20)33(37,38)39/h4-7,12-14,25,27-31,40,47H,8-11,15H2,1-3H3/t25-,27+,28+,29-,30+,31+/m1/s1. The molecule has 3 aromatic rings. The molecule has 5 rings (SSSR count). The number of alkyl halides is 3. The molecular formula is C33H34F6N4O8S. The summed E-state index contributed by atoms with van der Waals surface area (Å²) in [5, 5.41) is 21.7. The topological polar surface area (TPSA) is 151 Å². The molecule has 3 heterocycles. The average Bonchev–Trinajstić information content (AvgIpc) is 3.55. The number of piperidine rings is 1. The van der Waals surface area contributed by atoms with Crippen LogP contribution in [0.25, 0.3) is 11.3 Å². The molecule has 282 valence electrons. The first kappa shape index (κ1) is 39.0. The minimum Gasteiger partial charge on any atom is -0.463 e. The first-order valence-electron chi connectivity index (χ1n) is 15.9. The van der Waals surface area contributed by atoms with Gasteiger partial charge >= 0.3 is 24.1 Å². The fourth-order valence-corrected chi connectivity index (χ4v) is 7.97. The second-order valence-corrected chi connectivity index (χ2v) is 13.5. The van der Waals surface area contributed by atoms with Gasteiger partial charge in [-0.3, -0.25) is 14.4 Å². The number of carbonyl (C=O) groups excluding carboxylic acids is 3. The molecule has 0 aliphatic carbocycles. The van der Waals surface area contributed by atoms with Crippen LogP contribution in [-0.2, 0) is 39.5 Å². The Hall–Kier alpha value is -4.20. The van der Waals surface area contributed by atoms with Crippen molar-refractivity contribution in [2.75, 3.05) is 19.7 Å². The number of thioether (sulfide) groups is 1. The Morgan fingerprint density at radius 2 is 1.63 bits per heavy atom. The summed E-state index contributed by atoms with van der Waals surface area (Å²) in [5.74, 6) is -7.31. The van der Waals surface area contributed by atoms with Crippen molar-refractivity contribution in [1.82, 2.24) is 20.3 Å². The van der Waals surface area contributed by atoms with Gasteiger partial charge in [0.1, 0.15) is 29.9 Å². The van der Waals surface area contributed by atoms with E-state index in [0.717, 1.165) is 37.7 Å². The molecule has 1 aromatic heterocycles. The first-order valence-corrected chi connectivity index (χ1v) is 16.9. The lowest BCUT2D eigenvalue weighted by atomic mass is 9.84. The summed E-state index contributed by atoms with van der Waals surface area (Å²) in [4.78, 5) is 37.0. The monoisotopic (exact) mass is 760 g/mol. The summed E-state index contributed by atoms with van der Waals surface area (Å²) < 4.78 is 109. The van der Waals surface area contributed by atoms with Crippen molar-refractivity contribution < 1.29 is 64.8 Å². The highest BCUT2D eigenvalue weighted by molar-refractivity contribution is 8.00. The Morgan fingerprint density at radius 1 is 1.02 bits per heavy atom. The zero-order valence-electron chi connectivity index (χ0n) is 27.9. The van der Waals surface area contributed by atoms with E-state index in [-0.39, 0.29) is 42.8 Å². The molecule has 2 saturated heterocycles. The maximum Gasteiger partial charge on any atom is 0.416 e. The van der Waals surface area contributed by atoms with Gasteiger partial charge < -0.3 is 29.4 Å². The molecule has 2 aliphatic rings. The molecule has 2 aromatic carbocycles. The van der Waals surface area contributed by atoms with E-state index in [2.05, 4.69) is 15.6 Å². The number of nitrogens with one attached hydrogen (secondary N) is 1. The van der Waals surface area contributed by atoms with E-state index in [4.69, 9.17) is 18.9 Å². The number of halogens is 6. The van der Waals surface area contributed by atoms with Crippen molar-refractivity contribution in [3.8, 4) is 11.3 Å². The van der Waals surface area contributed by atoms with Gasteiger partial charge in [-0.15, -0.1) is 16.9 Å². The molecule has 2 fully saturated rings. The molecule has 0 saturated carbocycles. The Morgan fingerprint density at radius 3 is 2.23 bits per heavy atom. The van der Waals surface area contributed by atoms with Crippen LogP contribution in [0.1, 0.15) is 56.0 Å². The Labute approximate surface area is 297 Å². The second kappa shape index (κ2) is 15.8. The first-order chi connectivity index (χ1) is 24.5. The molecule has 2 N–H and O–H groups in total. The van der Waals surface area contributed by atoms with Crippen molar-refractivity contribution in [1.29, 1.82) is 0 Å². The van der Waals surface area contributed by atoms with Gasteiger partial charge in [0.2, 0.25) is 0 Å².